The first kappa shape index (κ1) is 31.0. The fraction of sp³-hybridized carbons (Fsp3) is 0.345. The third-order valence-corrected chi connectivity index (χ3v) is 10.7. The number of fused-ring (bicyclic) bond motifs is 4. The molecule has 2 aromatic carbocycles. The van der Waals surface area contributed by atoms with E-state index < -0.39 is 104 Å². The highest BCUT2D eigenvalue weighted by Crippen LogP contribution is 2.66. The van der Waals surface area contributed by atoms with Gasteiger partial charge in [0.25, 0.3) is 11.8 Å². The van der Waals surface area contributed by atoms with Crippen LogP contribution in [0.3, 0.4) is 0 Å². The Balaban J connectivity index is 1.63. The van der Waals surface area contributed by atoms with Gasteiger partial charge in [0, 0.05) is 5.92 Å². The van der Waals surface area contributed by atoms with Gasteiger partial charge in [0.1, 0.15) is 11.4 Å². The van der Waals surface area contributed by atoms with E-state index in [2.05, 4.69) is 0 Å². The summed E-state index contributed by atoms with van der Waals surface area (Å²) in [4.78, 5) is 61.3. The molecule has 2 heterocycles. The molecule has 0 spiro atoms. The number of anilines is 1. The van der Waals surface area contributed by atoms with Gasteiger partial charge in [0.15, 0.2) is 33.0 Å². The summed E-state index contributed by atoms with van der Waals surface area (Å²) in [6.07, 6.45) is 0.603. The lowest BCUT2D eigenvalue weighted by Crippen LogP contribution is -2.60. The predicted molar refractivity (Wildman–Crippen MR) is 145 cm³/mol. The van der Waals surface area contributed by atoms with Crippen molar-refractivity contribution in [1.82, 2.24) is 4.90 Å². The average molecular weight is 672 g/mol. The molecular weight excluding hydrogens is 652 g/mol. The maximum Gasteiger partial charge on any atom is 0.328 e. The summed E-state index contributed by atoms with van der Waals surface area (Å²) in [6.45, 7) is 3.00. The van der Waals surface area contributed by atoms with Crippen molar-refractivity contribution in [2.24, 2.45) is 23.5 Å². The highest BCUT2D eigenvalue weighted by atomic mass is 35.5. The number of benzene rings is 2. The summed E-state index contributed by atoms with van der Waals surface area (Å²) >= 11 is 14.0. The highest BCUT2D eigenvalue weighted by molar-refractivity contribution is 6.58. The number of phenolic OH excluding ortho intramolecular Hbond substituents is 1. The molecule has 236 valence electrons. The molecule has 0 aromatic heterocycles. The van der Waals surface area contributed by atoms with Crippen LogP contribution >= 0.6 is 23.2 Å². The fourth-order valence-electron chi connectivity index (χ4n) is 7.31. The molecule has 6 rings (SSSR count). The highest BCUT2D eigenvalue weighted by Gasteiger charge is 2.77. The van der Waals surface area contributed by atoms with Crippen molar-refractivity contribution >= 4 is 58.5 Å². The average Bonchev–Trinajstić information content (AvgIpc) is 3.32. The van der Waals surface area contributed by atoms with Crippen molar-refractivity contribution in [1.29, 1.82) is 0 Å². The summed E-state index contributed by atoms with van der Waals surface area (Å²) in [6, 6.07) is 1.43. The van der Waals surface area contributed by atoms with E-state index in [4.69, 9.17) is 28.9 Å². The normalized spacial score (nSPS) is 30.8. The number of hydrogen-bond donors (Lipinski definition) is 2. The maximum absolute atomic E-state index is 15.1. The lowest BCUT2D eigenvalue weighted by Gasteiger charge is -2.50. The number of likely N-dealkylation sites (tertiary alicyclic amines) is 1. The number of alkyl halides is 2. The first-order valence-electron chi connectivity index (χ1n) is 13.4. The van der Waals surface area contributed by atoms with E-state index in [0.717, 1.165) is 0 Å². The molecule has 2 aromatic rings. The van der Waals surface area contributed by atoms with Crippen molar-refractivity contribution in [2.75, 3.05) is 4.90 Å². The van der Waals surface area contributed by atoms with E-state index in [-0.39, 0.29) is 44.2 Å². The molecular formula is C29H20Cl2F5N3O6. The fourth-order valence-corrected chi connectivity index (χ4v) is 8.25. The third kappa shape index (κ3) is 3.69. The summed E-state index contributed by atoms with van der Waals surface area (Å²) in [7, 11) is 0. The molecule has 6 amide bonds. The number of phenols is 1. The second-order valence-corrected chi connectivity index (χ2v) is 12.8. The standard InChI is InChI=1S/C29H20Cl2F5N3O6/c1-8-5-10(6-9(2)22(8)40)15-11-3-4-12-14(24(42)39(23(12)41)27(37)45)13(11)7-28(30)25(43)38(26(44)29(15,28)31)21-19(35)17(33)16(32)18(34)20(21)36/h3,5-6,12-15,40H,4,7H2,1-2H3,(H2,37,45). The molecule has 3 N–H and O–H groups in total. The van der Waals surface area contributed by atoms with Gasteiger partial charge in [-0.15, -0.1) is 23.2 Å². The lowest BCUT2D eigenvalue weighted by molar-refractivity contribution is -0.136. The summed E-state index contributed by atoms with van der Waals surface area (Å²) < 4.78 is 72.6. The zero-order valence-electron chi connectivity index (χ0n) is 23.1. The maximum atomic E-state index is 15.1. The van der Waals surface area contributed by atoms with Gasteiger partial charge in [0.2, 0.25) is 17.6 Å². The number of aryl methyl sites for hydroxylation is 2. The van der Waals surface area contributed by atoms with Crippen LogP contribution in [0.25, 0.3) is 0 Å². The smallest absolute Gasteiger partial charge is 0.328 e. The largest absolute Gasteiger partial charge is 0.507 e. The van der Waals surface area contributed by atoms with Gasteiger partial charge in [-0.2, -0.15) is 4.90 Å². The second kappa shape index (κ2) is 9.73. The van der Waals surface area contributed by atoms with Crippen LogP contribution in [0.5, 0.6) is 5.75 Å². The predicted octanol–water partition coefficient (Wildman–Crippen LogP) is 4.35. The van der Waals surface area contributed by atoms with Gasteiger partial charge < -0.3 is 10.8 Å². The number of hydrogen-bond acceptors (Lipinski definition) is 6. The number of amides is 6. The molecule has 9 nitrogen and oxygen atoms in total. The monoisotopic (exact) mass is 671 g/mol. The number of primary amides is 1. The van der Waals surface area contributed by atoms with Crippen LogP contribution in [0.4, 0.5) is 32.4 Å². The van der Waals surface area contributed by atoms with Crippen LogP contribution in [-0.2, 0) is 19.2 Å². The van der Waals surface area contributed by atoms with Gasteiger partial charge in [-0.25, -0.2) is 31.6 Å². The van der Waals surface area contributed by atoms with Crippen molar-refractivity contribution < 1.29 is 51.0 Å². The van der Waals surface area contributed by atoms with Crippen molar-refractivity contribution in [3.63, 3.8) is 0 Å². The molecule has 2 saturated heterocycles. The van der Waals surface area contributed by atoms with Gasteiger partial charge in [0.05, 0.1) is 11.8 Å². The first-order chi connectivity index (χ1) is 20.9. The quantitative estimate of drug-likeness (QED) is 0.122. The minimum absolute atomic E-state index is 0.140. The Kier molecular flexibility index (Phi) is 6.69. The van der Waals surface area contributed by atoms with Crippen LogP contribution in [-0.4, -0.2) is 49.4 Å². The van der Waals surface area contributed by atoms with E-state index in [0.29, 0.717) is 0 Å². The van der Waals surface area contributed by atoms with Gasteiger partial charge in [-0.05, 0) is 49.3 Å². The Morgan fingerprint density at radius 3 is 1.96 bits per heavy atom. The molecule has 0 bridgehead atoms. The van der Waals surface area contributed by atoms with E-state index in [1.54, 1.807) is 0 Å². The molecule has 6 unspecified atom stereocenters. The molecule has 1 saturated carbocycles. The number of halogens is 7. The van der Waals surface area contributed by atoms with E-state index in [9.17, 15) is 42.3 Å². The number of nitrogens with two attached hydrogens (primary N) is 1. The lowest BCUT2D eigenvalue weighted by atomic mass is 9.56. The Hall–Kier alpha value is -4.04. The first-order valence-corrected chi connectivity index (χ1v) is 14.1. The van der Waals surface area contributed by atoms with Crippen molar-refractivity contribution in [2.45, 2.75) is 42.4 Å². The Morgan fingerprint density at radius 2 is 1.42 bits per heavy atom. The Bertz CT molecular complexity index is 1800. The zero-order valence-corrected chi connectivity index (χ0v) is 24.6. The molecule has 2 aliphatic carbocycles. The van der Waals surface area contributed by atoms with Gasteiger partial charge in [-0.3, -0.25) is 19.2 Å². The van der Waals surface area contributed by atoms with Crippen LogP contribution in [0.2, 0.25) is 0 Å². The number of imide groups is 4. The van der Waals surface area contributed by atoms with Crippen molar-refractivity contribution in [3.05, 3.63) is 69.6 Å². The van der Waals surface area contributed by atoms with Crippen LogP contribution < -0.4 is 10.6 Å². The number of carbonyl (C=O) groups is 5. The molecule has 4 aliphatic rings. The topological polar surface area (TPSA) is 138 Å². The molecule has 0 radical (unpaired) electrons. The Labute approximate surface area is 260 Å². The van der Waals surface area contributed by atoms with Crippen LogP contribution in [0, 0.1) is 60.7 Å². The van der Waals surface area contributed by atoms with Crippen LogP contribution in [0.1, 0.15) is 35.4 Å². The minimum Gasteiger partial charge on any atom is -0.507 e. The second-order valence-electron chi connectivity index (χ2n) is 11.5. The summed E-state index contributed by atoms with van der Waals surface area (Å²) in [5.74, 6) is -22.9. The number of aromatic hydroxyl groups is 1. The van der Waals surface area contributed by atoms with E-state index >= 15 is 8.78 Å². The molecule has 3 fully saturated rings. The minimum atomic E-state index is -2.70. The molecule has 45 heavy (non-hydrogen) atoms. The SMILES string of the molecule is Cc1cc(C2C3=CCC4C(=O)N(C(N)=O)C(=O)C4C3CC3(Cl)C(=O)N(c4c(F)c(F)c(F)c(F)c4F)C(=O)C23Cl)cc(C)c1O. The number of carbonyl (C=O) groups excluding carboxylic acids is 5. The molecule has 6 atom stereocenters. The van der Waals surface area contributed by atoms with E-state index in [1.807, 2.05) is 0 Å². The third-order valence-electron chi connectivity index (χ3n) is 9.29. The van der Waals surface area contributed by atoms with Gasteiger partial charge >= 0.3 is 6.03 Å². The molecule has 2 aliphatic heterocycles. The number of urea groups is 1. The molecule has 16 heteroatoms. The van der Waals surface area contributed by atoms with Crippen molar-refractivity contribution in [3.8, 4) is 5.75 Å². The summed E-state index contributed by atoms with van der Waals surface area (Å²) in [5, 5.41) is 10.4. The Morgan fingerprint density at radius 1 is 0.889 bits per heavy atom. The summed E-state index contributed by atoms with van der Waals surface area (Å²) in [5.41, 5.74) is 4.25. The van der Waals surface area contributed by atoms with E-state index in [1.165, 1.54) is 32.1 Å². The number of nitrogens with zero attached hydrogens (tertiary/aromatic N) is 2. The van der Waals surface area contributed by atoms with Gasteiger partial charge in [-0.1, -0.05) is 23.8 Å². The number of allylic oxidation sites excluding steroid dienone is 2. The zero-order chi connectivity index (χ0) is 33.2. The number of rotatable bonds is 2. The van der Waals surface area contributed by atoms with Crippen LogP contribution in [0.15, 0.2) is 23.8 Å².